The maximum absolute atomic E-state index is 12.8. The summed E-state index contributed by atoms with van der Waals surface area (Å²) < 4.78 is 32.1. The SMILES string of the molecule is Cn1ccc(COC(=O)OC[C@@]2(C)O[C@@H](n3ccc4c(N)nc(Cl)nc43)C[C@@H]2OC(=O)OCc2ccn(C)c(=O)c2)cc1=O. The van der Waals surface area contributed by atoms with Crippen molar-refractivity contribution in [2.75, 3.05) is 12.3 Å². The third-order valence-electron chi connectivity index (χ3n) is 7.15. The lowest BCUT2D eigenvalue weighted by molar-refractivity contribution is -0.128. The van der Waals surface area contributed by atoms with Crippen LogP contribution in [-0.2, 0) is 51.0 Å². The molecule has 0 unspecified atom stereocenters. The lowest BCUT2D eigenvalue weighted by atomic mass is 10.00. The van der Waals surface area contributed by atoms with Gasteiger partial charge in [-0.1, -0.05) is 0 Å². The maximum Gasteiger partial charge on any atom is 0.508 e. The summed E-state index contributed by atoms with van der Waals surface area (Å²) in [5.74, 6) is 0.175. The van der Waals surface area contributed by atoms with Crippen LogP contribution in [0.3, 0.4) is 0 Å². The Labute approximate surface area is 254 Å². The first-order valence-corrected chi connectivity index (χ1v) is 13.7. The molecular weight excluding hydrogens is 600 g/mol. The number of fused-ring (bicyclic) bond motifs is 1. The quantitative estimate of drug-likeness (QED) is 0.223. The number of hydrogen-bond donors (Lipinski definition) is 1. The molecule has 232 valence electrons. The van der Waals surface area contributed by atoms with Gasteiger partial charge in [0.05, 0.1) is 5.39 Å². The molecule has 0 saturated carbocycles. The average Bonchev–Trinajstić information content (AvgIpc) is 3.54. The van der Waals surface area contributed by atoms with E-state index in [1.54, 1.807) is 62.4 Å². The number of carbonyl (C=O) groups excluding carboxylic acids is 2. The van der Waals surface area contributed by atoms with Crippen LogP contribution in [0.1, 0.15) is 30.7 Å². The van der Waals surface area contributed by atoms with Gasteiger partial charge in [0.1, 0.15) is 49.2 Å². The number of anilines is 1. The Morgan fingerprint density at radius 3 is 2.20 bits per heavy atom. The minimum Gasteiger partial charge on any atom is -0.431 e. The number of hydrogen-bond acceptors (Lipinski definition) is 12. The van der Waals surface area contributed by atoms with Crippen molar-refractivity contribution >= 4 is 40.8 Å². The van der Waals surface area contributed by atoms with E-state index in [9.17, 15) is 19.2 Å². The molecule has 0 spiro atoms. The average molecular weight is 629 g/mol. The number of nitrogen functional groups attached to an aromatic ring is 1. The molecule has 0 aliphatic carbocycles. The lowest BCUT2D eigenvalue weighted by Crippen LogP contribution is -2.44. The lowest BCUT2D eigenvalue weighted by Gasteiger charge is -2.29. The first-order chi connectivity index (χ1) is 20.9. The van der Waals surface area contributed by atoms with Gasteiger partial charge in [-0.2, -0.15) is 4.98 Å². The highest BCUT2D eigenvalue weighted by atomic mass is 35.5. The normalized spacial score (nSPS) is 19.5. The summed E-state index contributed by atoms with van der Waals surface area (Å²) in [5, 5.41) is 0.471. The van der Waals surface area contributed by atoms with Crippen LogP contribution in [0.4, 0.5) is 15.4 Å². The van der Waals surface area contributed by atoms with Crippen molar-refractivity contribution in [2.24, 2.45) is 14.1 Å². The van der Waals surface area contributed by atoms with Crippen molar-refractivity contribution < 1.29 is 33.3 Å². The van der Waals surface area contributed by atoms with Crippen LogP contribution in [0.5, 0.6) is 0 Å². The Balaban J connectivity index is 1.30. The molecular formula is C28H29ClN6O9. The van der Waals surface area contributed by atoms with E-state index in [1.807, 2.05) is 0 Å². The van der Waals surface area contributed by atoms with Crippen LogP contribution in [0.2, 0.25) is 5.28 Å². The number of rotatable bonds is 8. The van der Waals surface area contributed by atoms with E-state index < -0.39 is 30.2 Å². The summed E-state index contributed by atoms with van der Waals surface area (Å²) in [6.07, 6.45) is 1.11. The van der Waals surface area contributed by atoms with Gasteiger partial charge in [0.2, 0.25) is 5.28 Å². The second-order valence-corrected chi connectivity index (χ2v) is 10.7. The number of pyridine rings is 2. The number of ether oxygens (including phenoxy) is 5. The van der Waals surface area contributed by atoms with Crippen molar-refractivity contribution in [3.8, 4) is 0 Å². The highest BCUT2D eigenvalue weighted by Gasteiger charge is 2.50. The van der Waals surface area contributed by atoms with Crippen molar-refractivity contribution in [2.45, 2.75) is 44.5 Å². The first kappa shape index (κ1) is 30.6. The van der Waals surface area contributed by atoms with E-state index in [4.69, 9.17) is 41.0 Å². The van der Waals surface area contributed by atoms with Gasteiger partial charge >= 0.3 is 12.3 Å². The Hall–Kier alpha value is -4.89. The molecule has 3 atom stereocenters. The Kier molecular flexibility index (Phi) is 8.60. The molecule has 2 N–H and O–H groups in total. The third kappa shape index (κ3) is 6.68. The number of aromatic nitrogens is 5. The van der Waals surface area contributed by atoms with Crippen molar-refractivity contribution in [1.82, 2.24) is 23.7 Å². The number of nitrogens with zero attached hydrogens (tertiary/aromatic N) is 5. The largest absolute Gasteiger partial charge is 0.508 e. The molecule has 0 aromatic carbocycles. The fourth-order valence-electron chi connectivity index (χ4n) is 4.64. The molecule has 1 aliphatic heterocycles. The minimum atomic E-state index is -1.37. The minimum absolute atomic E-state index is 0.0646. The van der Waals surface area contributed by atoms with Gasteiger partial charge in [0.15, 0.2) is 0 Å². The molecule has 4 aromatic rings. The molecule has 0 radical (unpaired) electrons. The van der Waals surface area contributed by atoms with Crippen LogP contribution >= 0.6 is 11.6 Å². The van der Waals surface area contributed by atoms with Crippen LogP contribution in [0.15, 0.2) is 58.5 Å². The molecule has 0 amide bonds. The number of nitrogens with two attached hydrogens (primary N) is 1. The zero-order valence-corrected chi connectivity index (χ0v) is 24.7. The van der Waals surface area contributed by atoms with Gasteiger partial charge in [-0.05, 0) is 47.9 Å². The zero-order valence-electron chi connectivity index (χ0n) is 24.0. The fourth-order valence-corrected chi connectivity index (χ4v) is 4.81. The van der Waals surface area contributed by atoms with Gasteiger partial charge in [-0.3, -0.25) is 9.59 Å². The molecule has 5 heterocycles. The molecule has 1 saturated heterocycles. The molecule has 4 aromatic heterocycles. The topological polar surface area (TPSA) is 181 Å². The molecule has 44 heavy (non-hydrogen) atoms. The van der Waals surface area contributed by atoms with E-state index in [-0.39, 0.29) is 48.5 Å². The summed E-state index contributed by atoms with van der Waals surface area (Å²) in [7, 11) is 3.20. The van der Waals surface area contributed by atoms with Crippen LogP contribution in [-0.4, -0.2) is 54.3 Å². The summed E-state index contributed by atoms with van der Waals surface area (Å²) in [5.41, 5.74) is 5.45. The second kappa shape index (κ2) is 12.4. The number of halogens is 1. The fraction of sp³-hybridized carbons (Fsp3) is 0.357. The molecule has 15 nitrogen and oxygen atoms in total. The Bertz CT molecular complexity index is 1840. The van der Waals surface area contributed by atoms with Crippen molar-refractivity contribution in [1.29, 1.82) is 0 Å². The molecule has 16 heteroatoms. The predicted octanol–water partition coefficient (Wildman–Crippen LogP) is 2.82. The van der Waals surface area contributed by atoms with E-state index in [0.717, 1.165) is 0 Å². The smallest absolute Gasteiger partial charge is 0.431 e. The second-order valence-electron chi connectivity index (χ2n) is 10.4. The van der Waals surface area contributed by atoms with Crippen LogP contribution < -0.4 is 16.9 Å². The van der Waals surface area contributed by atoms with Crippen LogP contribution in [0, 0.1) is 0 Å². The van der Waals surface area contributed by atoms with Gasteiger partial charge in [0.25, 0.3) is 11.1 Å². The monoisotopic (exact) mass is 628 g/mol. The van der Waals surface area contributed by atoms with Crippen molar-refractivity contribution in [3.05, 3.63) is 86.0 Å². The van der Waals surface area contributed by atoms with Gasteiger partial charge < -0.3 is 43.1 Å². The van der Waals surface area contributed by atoms with E-state index in [2.05, 4.69) is 9.97 Å². The van der Waals surface area contributed by atoms with Gasteiger partial charge in [-0.25, -0.2) is 14.6 Å². The Morgan fingerprint density at radius 2 is 1.59 bits per heavy atom. The van der Waals surface area contributed by atoms with E-state index in [1.165, 1.54) is 21.3 Å². The van der Waals surface area contributed by atoms with Crippen molar-refractivity contribution in [3.63, 3.8) is 0 Å². The standard InChI is InChI=1S/C28H29ClN6O9/c1-28(15-42-26(38)40-13-16-4-7-33(2)20(36)10-16)19(43-27(39)41-14-17-5-8-34(3)21(37)11-17)12-22(44-28)35-9-6-18-23(30)31-25(29)32-24(18)35/h4-11,19,22H,12-15H2,1-3H3,(H2,30,31,32)/t19-,22+,28+/m0/s1. The van der Waals surface area contributed by atoms with E-state index in [0.29, 0.717) is 22.2 Å². The molecule has 1 fully saturated rings. The summed E-state index contributed by atoms with van der Waals surface area (Å²) >= 11 is 6.04. The highest BCUT2D eigenvalue weighted by Crippen LogP contribution is 2.41. The third-order valence-corrected chi connectivity index (χ3v) is 7.32. The number of aryl methyl sites for hydroxylation is 2. The van der Waals surface area contributed by atoms with Gasteiger partial charge in [0, 0.05) is 51.2 Å². The summed E-state index contributed by atoms with van der Waals surface area (Å²) in [4.78, 5) is 57.2. The zero-order chi connectivity index (χ0) is 31.6. The number of carbonyl (C=O) groups is 2. The summed E-state index contributed by atoms with van der Waals surface area (Å²) in [6, 6.07) is 7.64. The molecule has 5 rings (SSSR count). The molecule has 0 bridgehead atoms. The summed E-state index contributed by atoms with van der Waals surface area (Å²) in [6.45, 7) is 0.830. The molecule has 1 aliphatic rings. The highest BCUT2D eigenvalue weighted by molar-refractivity contribution is 6.28. The predicted molar refractivity (Wildman–Crippen MR) is 155 cm³/mol. The first-order valence-electron chi connectivity index (χ1n) is 13.3. The Morgan fingerprint density at radius 1 is 0.977 bits per heavy atom. The maximum atomic E-state index is 12.8. The van der Waals surface area contributed by atoms with Crippen LogP contribution in [0.25, 0.3) is 11.0 Å². The van der Waals surface area contributed by atoms with E-state index >= 15 is 0 Å². The van der Waals surface area contributed by atoms with Gasteiger partial charge in [-0.15, -0.1) is 0 Å².